The molecule has 0 saturated heterocycles. The lowest BCUT2D eigenvalue weighted by molar-refractivity contribution is 0.422. The average molecular weight is 319 g/mol. The van der Waals surface area contributed by atoms with Gasteiger partial charge in [-0.2, -0.15) is 0 Å². The molecule has 122 valence electrons. The maximum absolute atomic E-state index is 13.8. The summed E-state index contributed by atoms with van der Waals surface area (Å²) in [5.74, 6) is -0.823. The number of hydrogen-bond acceptors (Lipinski definition) is 4. The first kappa shape index (κ1) is 22.4. The predicted molar refractivity (Wildman–Crippen MR) is 88.7 cm³/mol. The van der Waals surface area contributed by atoms with Gasteiger partial charge in [0.05, 0.1) is 21.2 Å². The minimum Gasteiger partial charge on any atom is -0.423 e. The zero-order valence-electron chi connectivity index (χ0n) is 14.0. The monoisotopic (exact) mass is 319 g/mol. The summed E-state index contributed by atoms with van der Waals surface area (Å²) in [6.07, 6.45) is 1.34. The molecule has 0 bridgehead atoms. The van der Waals surface area contributed by atoms with Crippen LogP contribution in [0.4, 0.5) is 4.39 Å². The van der Waals surface area contributed by atoms with E-state index in [4.69, 9.17) is 10.0 Å². The van der Waals surface area contributed by atoms with E-state index in [1.54, 1.807) is 0 Å². The minimum atomic E-state index is -2.71. The van der Waals surface area contributed by atoms with Gasteiger partial charge in [0.1, 0.15) is 5.82 Å². The van der Waals surface area contributed by atoms with Crippen LogP contribution in [0, 0.1) is 5.82 Å². The van der Waals surface area contributed by atoms with Gasteiger partial charge in [-0.15, -0.1) is 0 Å². The van der Waals surface area contributed by atoms with Crippen LogP contribution in [0.15, 0.2) is 21.4 Å². The highest BCUT2D eigenvalue weighted by atomic mass is 32.2. The molecule has 1 aromatic rings. The summed E-state index contributed by atoms with van der Waals surface area (Å²) < 4.78 is 29.4. The molecule has 0 amide bonds. The van der Waals surface area contributed by atoms with Crippen molar-refractivity contribution >= 4 is 22.3 Å². The third kappa shape index (κ3) is 5.41. The van der Waals surface area contributed by atoms with Crippen LogP contribution in [0.2, 0.25) is 0 Å². The van der Waals surface area contributed by atoms with Gasteiger partial charge in [0, 0.05) is 11.7 Å². The summed E-state index contributed by atoms with van der Waals surface area (Å²) in [6, 6.07) is 2.79. The molecule has 1 aromatic carbocycles. The second-order valence-electron chi connectivity index (χ2n) is 3.42. The lowest BCUT2D eigenvalue weighted by Crippen LogP contribution is -2.33. The fourth-order valence-electron chi connectivity index (χ4n) is 1.60. The van der Waals surface area contributed by atoms with Crippen LogP contribution < -0.4 is 5.46 Å². The lowest BCUT2D eigenvalue weighted by Gasteiger charge is -2.07. The van der Waals surface area contributed by atoms with Gasteiger partial charge in [0.2, 0.25) is 0 Å². The molecule has 2 rings (SSSR count). The maximum Gasteiger partial charge on any atom is 0.491 e. The predicted octanol–water partition coefficient (Wildman–Crippen LogP) is 2.55. The second-order valence-corrected chi connectivity index (χ2v) is 5.69. The van der Waals surface area contributed by atoms with Crippen LogP contribution in [-0.2, 0) is 16.3 Å². The topological polar surface area (TPSA) is 69.9 Å². The summed E-state index contributed by atoms with van der Waals surface area (Å²) in [4.78, 5) is 0.00750. The first-order chi connectivity index (χ1) is 9.93. The SMILES string of the molecule is CC.CC.CC.CS1(=O)=NCc2ccc(B(O)O)c(F)c21. The Labute approximate surface area is 128 Å². The Balaban J connectivity index is 0. The Morgan fingerprint density at radius 3 is 2.05 bits per heavy atom. The van der Waals surface area contributed by atoms with Gasteiger partial charge >= 0.3 is 7.12 Å². The third-order valence-corrected chi connectivity index (χ3v) is 4.17. The summed E-state index contributed by atoms with van der Waals surface area (Å²) in [7, 11) is -4.61. The molecule has 1 heterocycles. The van der Waals surface area contributed by atoms with Crippen LogP contribution in [0.3, 0.4) is 0 Å². The molecule has 0 radical (unpaired) electrons. The first-order valence-electron chi connectivity index (χ1n) is 7.29. The smallest absolute Gasteiger partial charge is 0.423 e. The molecule has 1 atom stereocenters. The van der Waals surface area contributed by atoms with E-state index in [9.17, 15) is 8.60 Å². The highest BCUT2D eigenvalue weighted by molar-refractivity contribution is 7.93. The van der Waals surface area contributed by atoms with Gasteiger partial charge in [-0.1, -0.05) is 53.7 Å². The molecule has 1 aliphatic rings. The van der Waals surface area contributed by atoms with E-state index < -0.39 is 22.7 Å². The zero-order valence-corrected chi connectivity index (χ0v) is 14.8. The van der Waals surface area contributed by atoms with E-state index in [-0.39, 0.29) is 16.9 Å². The highest BCUT2D eigenvalue weighted by Crippen LogP contribution is 2.27. The van der Waals surface area contributed by atoms with Crippen LogP contribution in [0.25, 0.3) is 0 Å². The number of halogens is 1. The van der Waals surface area contributed by atoms with E-state index in [1.807, 2.05) is 41.5 Å². The maximum atomic E-state index is 13.8. The highest BCUT2D eigenvalue weighted by Gasteiger charge is 2.28. The normalized spacial score (nSPS) is 17.6. The van der Waals surface area contributed by atoms with Crippen LogP contribution >= 0.6 is 0 Å². The molecule has 0 aromatic heterocycles. The lowest BCUT2D eigenvalue weighted by atomic mass is 9.79. The van der Waals surface area contributed by atoms with Gasteiger partial charge in [-0.3, -0.25) is 0 Å². The molecule has 1 unspecified atom stereocenters. The zero-order chi connectivity index (χ0) is 17.2. The minimum absolute atomic E-state index is 0.00750. The number of hydrogen-bond donors (Lipinski definition) is 2. The fraction of sp³-hybridized carbons (Fsp3) is 0.571. The third-order valence-electron chi connectivity index (χ3n) is 2.35. The molecular formula is C14H27BFNO3S. The number of rotatable bonds is 1. The summed E-state index contributed by atoms with van der Waals surface area (Å²) >= 11 is 0. The Morgan fingerprint density at radius 2 is 1.62 bits per heavy atom. The molecule has 0 aliphatic carbocycles. The van der Waals surface area contributed by atoms with Crippen molar-refractivity contribution in [2.45, 2.75) is 53.0 Å². The van der Waals surface area contributed by atoms with E-state index in [0.29, 0.717) is 5.56 Å². The van der Waals surface area contributed by atoms with Crippen molar-refractivity contribution in [1.29, 1.82) is 0 Å². The van der Waals surface area contributed by atoms with Gasteiger partial charge < -0.3 is 10.0 Å². The Bertz CT molecular complexity index is 541. The summed E-state index contributed by atoms with van der Waals surface area (Å²) in [6.45, 7) is 12.2. The van der Waals surface area contributed by atoms with Crippen LogP contribution in [0.5, 0.6) is 0 Å². The molecule has 2 N–H and O–H groups in total. The van der Waals surface area contributed by atoms with Crippen molar-refractivity contribution in [3.05, 3.63) is 23.5 Å². The Kier molecular flexibility index (Phi) is 11.5. The molecule has 4 nitrogen and oxygen atoms in total. The van der Waals surface area contributed by atoms with Crippen molar-refractivity contribution in [3.8, 4) is 0 Å². The van der Waals surface area contributed by atoms with Crippen molar-refractivity contribution in [1.82, 2.24) is 0 Å². The second kappa shape index (κ2) is 10.8. The summed E-state index contributed by atoms with van der Waals surface area (Å²) in [5.41, 5.74) is 0.282. The molecule has 1 aliphatic heterocycles. The largest absolute Gasteiger partial charge is 0.491 e. The van der Waals surface area contributed by atoms with Crippen LogP contribution in [-0.4, -0.2) is 27.6 Å². The Hall–Kier alpha value is -0.915. The average Bonchev–Trinajstić information content (AvgIpc) is 2.81. The van der Waals surface area contributed by atoms with Gasteiger partial charge in [0.15, 0.2) is 0 Å². The van der Waals surface area contributed by atoms with Gasteiger partial charge in [-0.25, -0.2) is 13.0 Å². The molecule has 0 fully saturated rings. The van der Waals surface area contributed by atoms with Crippen molar-refractivity contribution in [2.24, 2.45) is 4.36 Å². The Morgan fingerprint density at radius 1 is 1.14 bits per heavy atom. The standard InChI is InChI=1S/C8H9BFNO3S.3C2H6/c1-15(14)8-5(4-11-15)2-3-6(7(8)10)9(12)13;3*1-2/h2-3,12-13H,4H2,1H3;3*1-2H3. The molecule has 0 spiro atoms. The van der Waals surface area contributed by atoms with Crippen LogP contribution in [0.1, 0.15) is 47.1 Å². The van der Waals surface area contributed by atoms with Crippen molar-refractivity contribution in [2.75, 3.05) is 6.26 Å². The van der Waals surface area contributed by atoms with Gasteiger partial charge in [0.25, 0.3) is 0 Å². The molecule has 7 heteroatoms. The summed E-state index contributed by atoms with van der Waals surface area (Å²) in [5, 5.41) is 17.8. The van der Waals surface area contributed by atoms with Crippen molar-refractivity contribution in [3.63, 3.8) is 0 Å². The van der Waals surface area contributed by atoms with Gasteiger partial charge in [-0.05, 0) is 5.56 Å². The van der Waals surface area contributed by atoms with Crippen molar-refractivity contribution < 1.29 is 18.6 Å². The number of nitrogens with zero attached hydrogens (tertiary/aromatic N) is 1. The molecule has 21 heavy (non-hydrogen) atoms. The molecule has 0 saturated carbocycles. The fourth-order valence-corrected chi connectivity index (χ4v) is 3.19. The van der Waals surface area contributed by atoms with E-state index in [1.165, 1.54) is 18.4 Å². The van der Waals surface area contributed by atoms with E-state index in [0.717, 1.165) is 0 Å². The van der Waals surface area contributed by atoms with E-state index >= 15 is 0 Å². The number of benzene rings is 1. The van der Waals surface area contributed by atoms with E-state index in [2.05, 4.69) is 4.36 Å². The molecular weight excluding hydrogens is 292 g/mol. The quantitative estimate of drug-likeness (QED) is 0.782. The first-order valence-corrected chi connectivity index (χ1v) is 9.21. The number of fused-ring (bicyclic) bond motifs is 1.